The van der Waals surface area contributed by atoms with Crippen molar-refractivity contribution in [3.63, 3.8) is 0 Å². The second-order valence-corrected chi connectivity index (χ2v) is 3.62. The molecule has 0 radical (unpaired) electrons. The molecule has 0 amide bonds. The Balaban J connectivity index is 3.28. The van der Waals surface area contributed by atoms with Gasteiger partial charge < -0.3 is 4.74 Å². The summed E-state index contributed by atoms with van der Waals surface area (Å²) < 4.78 is 76.7. The zero-order valence-corrected chi connectivity index (χ0v) is 9.66. The van der Waals surface area contributed by atoms with E-state index in [9.17, 15) is 31.1 Å². The number of ether oxygens (including phenoxy) is 1. The minimum atomic E-state index is -5.16. The highest BCUT2D eigenvalue weighted by atomic mass is 35.5. The maximum absolute atomic E-state index is 12.5. The van der Waals surface area contributed by atoms with Gasteiger partial charge in [-0.3, -0.25) is 4.79 Å². The Kier molecular flexibility index (Phi) is 4.34. The number of rotatable bonds is 3. The molecule has 0 aliphatic carbocycles. The largest absolute Gasteiger partial charge is 0.573 e. The summed E-state index contributed by atoms with van der Waals surface area (Å²) in [5.41, 5.74) is -2.04. The molecule has 0 bridgehead atoms. The third kappa shape index (κ3) is 4.62. The van der Waals surface area contributed by atoms with E-state index in [2.05, 4.69) is 4.74 Å². The lowest BCUT2D eigenvalue weighted by Gasteiger charge is -2.13. The molecule has 0 aromatic heterocycles. The zero-order chi connectivity index (χ0) is 14.8. The molecule has 1 aromatic rings. The Morgan fingerprint density at radius 3 is 2.11 bits per heavy atom. The second kappa shape index (κ2) is 5.28. The molecule has 19 heavy (non-hydrogen) atoms. The van der Waals surface area contributed by atoms with Crippen LogP contribution >= 0.6 is 11.6 Å². The van der Waals surface area contributed by atoms with Gasteiger partial charge in [0, 0.05) is 5.56 Å². The molecule has 0 aliphatic heterocycles. The van der Waals surface area contributed by atoms with Crippen molar-refractivity contribution < 1.29 is 35.9 Å². The third-order valence-electron chi connectivity index (χ3n) is 1.91. The fraction of sp³-hybridized carbons (Fsp3) is 0.300. The van der Waals surface area contributed by atoms with Crippen LogP contribution in [0.15, 0.2) is 18.2 Å². The highest BCUT2D eigenvalue weighted by Gasteiger charge is 2.35. The first-order valence-corrected chi connectivity index (χ1v) is 5.13. The van der Waals surface area contributed by atoms with Crippen molar-refractivity contribution in [2.24, 2.45) is 0 Å². The Morgan fingerprint density at radius 1 is 1.11 bits per heavy atom. The number of Topliss-reactive ketones (excluding diaryl/α,β-unsaturated/α-hetero) is 1. The molecule has 0 atom stereocenters. The van der Waals surface area contributed by atoms with Gasteiger partial charge in [-0.15, -0.1) is 24.8 Å². The van der Waals surface area contributed by atoms with Gasteiger partial charge in [0.2, 0.25) is 0 Å². The van der Waals surface area contributed by atoms with Gasteiger partial charge in [-0.05, 0) is 18.2 Å². The summed E-state index contributed by atoms with van der Waals surface area (Å²) in [7, 11) is 0. The molecule has 9 heteroatoms. The fourth-order valence-electron chi connectivity index (χ4n) is 1.19. The standard InChI is InChI=1S/C10H5ClF6O2/c11-4-8(18)5-1-6(9(12,13)14)3-7(2-5)19-10(15,16)17/h1-3H,4H2. The molecule has 0 spiro atoms. The zero-order valence-electron chi connectivity index (χ0n) is 8.90. The smallest absolute Gasteiger partial charge is 0.406 e. The summed E-state index contributed by atoms with van der Waals surface area (Å²) >= 11 is 5.14. The molecule has 0 saturated heterocycles. The van der Waals surface area contributed by atoms with E-state index >= 15 is 0 Å². The van der Waals surface area contributed by atoms with E-state index in [1.807, 2.05) is 0 Å². The Bertz CT molecular complexity index is 480. The fourth-order valence-corrected chi connectivity index (χ4v) is 1.35. The van der Waals surface area contributed by atoms with Crippen LogP contribution in [0.5, 0.6) is 5.75 Å². The van der Waals surface area contributed by atoms with E-state index in [4.69, 9.17) is 11.6 Å². The topological polar surface area (TPSA) is 26.3 Å². The SMILES string of the molecule is O=C(CCl)c1cc(OC(F)(F)F)cc(C(F)(F)F)c1. The maximum Gasteiger partial charge on any atom is 0.573 e. The maximum atomic E-state index is 12.5. The number of benzene rings is 1. The van der Waals surface area contributed by atoms with Crippen LogP contribution in [-0.2, 0) is 6.18 Å². The Morgan fingerprint density at radius 2 is 1.68 bits per heavy atom. The third-order valence-corrected chi connectivity index (χ3v) is 2.15. The van der Waals surface area contributed by atoms with Crippen molar-refractivity contribution in [3.05, 3.63) is 29.3 Å². The molecule has 0 saturated carbocycles. The van der Waals surface area contributed by atoms with Crippen molar-refractivity contribution in [1.29, 1.82) is 0 Å². The number of carbonyl (C=O) groups is 1. The Hall–Kier alpha value is -1.44. The van der Waals surface area contributed by atoms with Crippen LogP contribution in [0.2, 0.25) is 0 Å². The van der Waals surface area contributed by atoms with Gasteiger partial charge in [-0.2, -0.15) is 13.2 Å². The van der Waals surface area contributed by atoms with E-state index < -0.39 is 41.1 Å². The monoisotopic (exact) mass is 306 g/mol. The van der Waals surface area contributed by atoms with Crippen LogP contribution in [0, 0.1) is 0 Å². The summed E-state index contributed by atoms with van der Waals surface area (Å²) in [6.45, 7) is 0. The van der Waals surface area contributed by atoms with Gasteiger partial charge in [-0.1, -0.05) is 0 Å². The molecule has 0 aliphatic rings. The Labute approximate surface area is 107 Å². The van der Waals surface area contributed by atoms with Crippen LogP contribution in [0.1, 0.15) is 15.9 Å². The van der Waals surface area contributed by atoms with E-state index in [0.717, 1.165) is 0 Å². The first kappa shape index (κ1) is 15.6. The lowest BCUT2D eigenvalue weighted by atomic mass is 10.1. The quantitative estimate of drug-likeness (QED) is 0.479. The molecule has 1 aromatic carbocycles. The summed E-state index contributed by atoms with van der Waals surface area (Å²) in [5, 5.41) is 0. The van der Waals surface area contributed by atoms with Crippen LogP contribution in [0.4, 0.5) is 26.3 Å². The summed E-state index contributed by atoms with van der Waals surface area (Å²) in [5.74, 6) is -2.73. The highest BCUT2D eigenvalue weighted by molar-refractivity contribution is 6.30. The number of alkyl halides is 7. The van der Waals surface area contributed by atoms with Crippen molar-refractivity contribution in [2.45, 2.75) is 12.5 Å². The average Bonchev–Trinajstić information content (AvgIpc) is 2.24. The number of halogens is 7. The normalized spacial score (nSPS) is 12.4. The molecule has 0 N–H and O–H groups in total. The lowest BCUT2D eigenvalue weighted by Crippen LogP contribution is -2.18. The van der Waals surface area contributed by atoms with Crippen LogP contribution in [0.3, 0.4) is 0 Å². The van der Waals surface area contributed by atoms with Crippen LogP contribution < -0.4 is 4.74 Å². The van der Waals surface area contributed by atoms with Crippen molar-refractivity contribution in [3.8, 4) is 5.75 Å². The molecule has 1 rings (SSSR count). The molecule has 0 heterocycles. The predicted molar refractivity (Wildman–Crippen MR) is 53.2 cm³/mol. The molecule has 0 unspecified atom stereocenters. The van der Waals surface area contributed by atoms with E-state index in [-0.39, 0.29) is 6.07 Å². The molecule has 0 fully saturated rings. The van der Waals surface area contributed by atoms with Gasteiger partial charge in [0.25, 0.3) is 0 Å². The predicted octanol–water partition coefficient (Wildman–Crippen LogP) is 4.03. The van der Waals surface area contributed by atoms with Crippen LogP contribution in [-0.4, -0.2) is 18.0 Å². The lowest BCUT2D eigenvalue weighted by molar-refractivity contribution is -0.274. The second-order valence-electron chi connectivity index (χ2n) is 3.35. The van der Waals surface area contributed by atoms with Crippen molar-refractivity contribution in [2.75, 3.05) is 5.88 Å². The first-order valence-electron chi connectivity index (χ1n) is 4.60. The van der Waals surface area contributed by atoms with Gasteiger partial charge >= 0.3 is 12.5 Å². The summed E-state index contributed by atoms with van der Waals surface area (Å²) in [6.07, 6.45) is -10.1. The van der Waals surface area contributed by atoms with Crippen LogP contribution in [0.25, 0.3) is 0 Å². The summed E-state index contributed by atoms with van der Waals surface area (Å²) in [6, 6.07) is 1.11. The van der Waals surface area contributed by atoms with E-state index in [1.54, 1.807) is 0 Å². The average molecular weight is 307 g/mol. The molecular weight excluding hydrogens is 302 g/mol. The highest BCUT2D eigenvalue weighted by Crippen LogP contribution is 2.34. The van der Waals surface area contributed by atoms with E-state index in [1.165, 1.54) is 0 Å². The minimum absolute atomic E-state index is 0.151. The number of hydrogen-bond acceptors (Lipinski definition) is 2. The molecule has 106 valence electrons. The number of hydrogen-bond donors (Lipinski definition) is 0. The first-order chi connectivity index (χ1) is 8.53. The van der Waals surface area contributed by atoms with Gasteiger partial charge in [0.15, 0.2) is 5.78 Å². The molecular formula is C10H5ClF6O2. The van der Waals surface area contributed by atoms with Gasteiger partial charge in [0.1, 0.15) is 5.75 Å². The molecule has 2 nitrogen and oxygen atoms in total. The summed E-state index contributed by atoms with van der Waals surface area (Å²) in [4.78, 5) is 11.2. The van der Waals surface area contributed by atoms with Gasteiger partial charge in [-0.25, -0.2) is 0 Å². The number of carbonyl (C=O) groups excluding carboxylic acids is 1. The van der Waals surface area contributed by atoms with Crippen molar-refractivity contribution >= 4 is 17.4 Å². The number of ketones is 1. The minimum Gasteiger partial charge on any atom is -0.406 e. The van der Waals surface area contributed by atoms with Gasteiger partial charge in [0.05, 0.1) is 11.4 Å². The van der Waals surface area contributed by atoms with Crippen molar-refractivity contribution in [1.82, 2.24) is 0 Å². The van der Waals surface area contributed by atoms with E-state index in [0.29, 0.717) is 12.1 Å².